The van der Waals surface area contributed by atoms with Gasteiger partial charge in [-0.05, 0) is 62.3 Å². The molecule has 4 rings (SSSR count). The van der Waals surface area contributed by atoms with Crippen LogP contribution in [0.5, 0.6) is 5.75 Å². The van der Waals surface area contributed by atoms with Crippen molar-refractivity contribution in [2.45, 2.75) is 51.1 Å². The van der Waals surface area contributed by atoms with Gasteiger partial charge in [0.25, 0.3) is 5.56 Å². The summed E-state index contributed by atoms with van der Waals surface area (Å²) >= 11 is 0. The molecule has 6 nitrogen and oxygen atoms in total. The Morgan fingerprint density at radius 3 is 2.43 bits per heavy atom. The van der Waals surface area contributed by atoms with Crippen LogP contribution in [0.2, 0.25) is 0 Å². The van der Waals surface area contributed by atoms with E-state index in [1.165, 1.54) is 5.56 Å². The van der Waals surface area contributed by atoms with Gasteiger partial charge >= 0.3 is 0 Å². The van der Waals surface area contributed by atoms with Crippen LogP contribution in [0.4, 0.5) is 5.69 Å². The summed E-state index contributed by atoms with van der Waals surface area (Å²) in [5, 5.41) is 7.82. The SMILES string of the molecule is CCn1cc(-c2cnn(C)c2)cc(N[C@H]2CC[C@@H](c3ccc(OC)cc3)CC2)c1=O. The second-order valence-corrected chi connectivity index (χ2v) is 8.10. The topological polar surface area (TPSA) is 61.1 Å². The molecule has 0 unspecified atom stereocenters. The minimum atomic E-state index is 0.0439. The lowest BCUT2D eigenvalue weighted by Gasteiger charge is -2.30. The maximum absolute atomic E-state index is 12.9. The van der Waals surface area contributed by atoms with Crippen molar-refractivity contribution >= 4 is 5.69 Å². The third-order valence-corrected chi connectivity index (χ3v) is 6.14. The number of nitrogens with zero attached hydrogens (tertiary/aromatic N) is 3. The summed E-state index contributed by atoms with van der Waals surface area (Å²) in [5.41, 5.74) is 4.14. The van der Waals surface area contributed by atoms with Crippen LogP contribution in [0.3, 0.4) is 0 Å². The Hall–Kier alpha value is -3.02. The first-order valence-corrected chi connectivity index (χ1v) is 10.7. The zero-order valence-corrected chi connectivity index (χ0v) is 18.0. The quantitative estimate of drug-likeness (QED) is 0.658. The van der Waals surface area contributed by atoms with E-state index in [-0.39, 0.29) is 5.56 Å². The van der Waals surface area contributed by atoms with Crippen molar-refractivity contribution < 1.29 is 4.74 Å². The van der Waals surface area contributed by atoms with Crippen molar-refractivity contribution in [3.63, 3.8) is 0 Å². The summed E-state index contributed by atoms with van der Waals surface area (Å²) in [6.07, 6.45) is 10.1. The van der Waals surface area contributed by atoms with Gasteiger partial charge in [0.05, 0.1) is 13.3 Å². The van der Waals surface area contributed by atoms with Gasteiger partial charge in [0.1, 0.15) is 11.4 Å². The second-order valence-electron chi connectivity index (χ2n) is 8.10. The standard InChI is InChI=1S/C24H30N4O2/c1-4-28-16-19(20-14-25-27(2)15-20)13-23(24(28)29)26-21-9-5-17(6-10-21)18-7-11-22(30-3)12-8-18/h7-8,11-17,21,26H,4-6,9-10H2,1-3H3/t17-,21+. The number of anilines is 1. The molecule has 0 amide bonds. The molecule has 158 valence electrons. The van der Waals surface area contributed by atoms with Gasteiger partial charge in [-0.1, -0.05) is 12.1 Å². The highest BCUT2D eigenvalue weighted by Gasteiger charge is 2.23. The molecule has 30 heavy (non-hydrogen) atoms. The van der Waals surface area contributed by atoms with Crippen molar-refractivity contribution in [2.24, 2.45) is 7.05 Å². The van der Waals surface area contributed by atoms with E-state index < -0.39 is 0 Å². The summed E-state index contributed by atoms with van der Waals surface area (Å²) in [4.78, 5) is 12.9. The van der Waals surface area contributed by atoms with Crippen molar-refractivity contribution in [2.75, 3.05) is 12.4 Å². The number of ether oxygens (including phenoxy) is 1. The molecule has 0 bridgehead atoms. The fraction of sp³-hybridized carbons (Fsp3) is 0.417. The number of hydrogen-bond acceptors (Lipinski definition) is 4. The van der Waals surface area contributed by atoms with Crippen LogP contribution >= 0.6 is 0 Å². The van der Waals surface area contributed by atoms with Gasteiger partial charge in [-0.3, -0.25) is 9.48 Å². The molecule has 1 aromatic carbocycles. The van der Waals surface area contributed by atoms with E-state index in [0.29, 0.717) is 24.2 Å². The monoisotopic (exact) mass is 406 g/mol. The lowest BCUT2D eigenvalue weighted by atomic mass is 9.81. The fourth-order valence-corrected chi connectivity index (χ4v) is 4.37. The van der Waals surface area contributed by atoms with E-state index in [4.69, 9.17) is 4.74 Å². The van der Waals surface area contributed by atoms with Crippen molar-refractivity contribution in [3.05, 3.63) is 64.8 Å². The van der Waals surface area contributed by atoms with E-state index in [1.807, 2.05) is 50.8 Å². The molecule has 1 saturated carbocycles. The van der Waals surface area contributed by atoms with Gasteiger partial charge in [0.15, 0.2) is 0 Å². The van der Waals surface area contributed by atoms with Crippen LogP contribution in [0.1, 0.15) is 44.1 Å². The Morgan fingerprint density at radius 2 is 1.83 bits per heavy atom. The Labute approximate surface area is 177 Å². The van der Waals surface area contributed by atoms with Crippen molar-refractivity contribution in [1.82, 2.24) is 14.3 Å². The average molecular weight is 407 g/mol. The number of aryl methyl sites for hydroxylation is 2. The van der Waals surface area contributed by atoms with Crippen molar-refractivity contribution in [1.29, 1.82) is 0 Å². The number of nitrogens with one attached hydrogen (secondary N) is 1. The highest BCUT2D eigenvalue weighted by atomic mass is 16.5. The van der Waals surface area contributed by atoms with Crippen LogP contribution in [-0.2, 0) is 13.6 Å². The summed E-state index contributed by atoms with van der Waals surface area (Å²) in [7, 11) is 3.60. The predicted octanol–water partition coefficient (Wildman–Crippen LogP) is 4.42. The molecular weight excluding hydrogens is 376 g/mol. The van der Waals surface area contributed by atoms with Crippen LogP contribution in [0.25, 0.3) is 11.1 Å². The minimum Gasteiger partial charge on any atom is -0.497 e. The molecule has 2 aromatic heterocycles. The van der Waals surface area contributed by atoms with Crippen LogP contribution in [0, 0.1) is 0 Å². The second kappa shape index (κ2) is 8.78. The molecule has 6 heteroatoms. The molecule has 0 atom stereocenters. The Kier molecular flexibility index (Phi) is 5.93. The minimum absolute atomic E-state index is 0.0439. The number of benzene rings is 1. The predicted molar refractivity (Wildman–Crippen MR) is 120 cm³/mol. The van der Waals surface area contributed by atoms with Gasteiger partial charge < -0.3 is 14.6 Å². The molecule has 1 aliphatic carbocycles. The summed E-state index contributed by atoms with van der Waals surface area (Å²) < 4.78 is 8.82. The van der Waals surface area contributed by atoms with Gasteiger partial charge in [-0.2, -0.15) is 5.10 Å². The molecule has 2 heterocycles. The van der Waals surface area contributed by atoms with Crippen LogP contribution < -0.4 is 15.6 Å². The van der Waals surface area contributed by atoms with E-state index in [0.717, 1.165) is 42.6 Å². The smallest absolute Gasteiger partial charge is 0.273 e. The van der Waals surface area contributed by atoms with E-state index in [2.05, 4.69) is 22.5 Å². The molecule has 0 spiro atoms. The van der Waals surface area contributed by atoms with Crippen molar-refractivity contribution in [3.8, 4) is 16.9 Å². The van der Waals surface area contributed by atoms with Gasteiger partial charge in [0, 0.05) is 43.2 Å². The largest absolute Gasteiger partial charge is 0.497 e. The maximum Gasteiger partial charge on any atom is 0.273 e. The Balaban J connectivity index is 1.47. The molecule has 0 aliphatic heterocycles. The molecule has 1 fully saturated rings. The fourth-order valence-electron chi connectivity index (χ4n) is 4.37. The summed E-state index contributed by atoms with van der Waals surface area (Å²) in [6, 6.07) is 10.7. The Morgan fingerprint density at radius 1 is 1.10 bits per heavy atom. The van der Waals surface area contributed by atoms with E-state index >= 15 is 0 Å². The number of hydrogen-bond donors (Lipinski definition) is 1. The summed E-state index contributed by atoms with van der Waals surface area (Å²) in [5.74, 6) is 1.47. The van der Waals surface area contributed by atoms with Crippen LogP contribution in [-0.4, -0.2) is 27.5 Å². The zero-order valence-electron chi connectivity index (χ0n) is 18.0. The Bertz CT molecular complexity index is 1040. The first-order valence-electron chi connectivity index (χ1n) is 10.7. The molecule has 1 N–H and O–H groups in total. The number of rotatable bonds is 6. The summed E-state index contributed by atoms with van der Waals surface area (Å²) in [6.45, 7) is 2.64. The number of aromatic nitrogens is 3. The number of pyridine rings is 1. The molecule has 3 aromatic rings. The third-order valence-electron chi connectivity index (χ3n) is 6.14. The van der Waals surface area contributed by atoms with Gasteiger partial charge in [-0.15, -0.1) is 0 Å². The molecule has 1 aliphatic rings. The van der Waals surface area contributed by atoms with Crippen LogP contribution in [0.15, 0.2) is 53.7 Å². The van der Waals surface area contributed by atoms with Gasteiger partial charge in [0.2, 0.25) is 0 Å². The molecule has 0 saturated heterocycles. The maximum atomic E-state index is 12.9. The zero-order chi connectivity index (χ0) is 21.1. The first kappa shape index (κ1) is 20.3. The lowest BCUT2D eigenvalue weighted by molar-refractivity contribution is 0.406. The highest BCUT2D eigenvalue weighted by Crippen LogP contribution is 2.34. The van der Waals surface area contributed by atoms with Gasteiger partial charge in [-0.25, -0.2) is 0 Å². The molecular formula is C24H30N4O2. The van der Waals surface area contributed by atoms with E-state index in [9.17, 15) is 4.79 Å². The highest BCUT2D eigenvalue weighted by molar-refractivity contribution is 5.65. The average Bonchev–Trinajstić information content (AvgIpc) is 3.22. The first-order chi connectivity index (χ1) is 14.6. The van der Waals surface area contributed by atoms with E-state index in [1.54, 1.807) is 16.4 Å². The third kappa shape index (κ3) is 4.27. The normalized spacial score (nSPS) is 18.9. The lowest BCUT2D eigenvalue weighted by Crippen LogP contribution is -2.30. The molecule has 0 radical (unpaired) electrons. The number of methoxy groups -OCH3 is 1.